The maximum absolute atomic E-state index is 13.1. The average molecular weight is 557 g/mol. The van der Waals surface area contributed by atoms with E-state index in [9.17, 15) is 18.0 Å². The zero-order valence-electron chi connectivity index (χ0n) is 17.2. The second-order valence-corrected chi connectivity index (χ2v) is 10.4. The lowest BCUT2D eigenvalue weighted by atomic mass is 9.98. The Bertz CT molecular complexity index is 1070. The van der Waals surface area contributed by atoms with Crippen LogP contribution in [0.1, 0.15) is 18.4 Å². The van der Waals surface area contributed by atoms with Gasteiger partial charge < -0.3 is 10.1 Å². The number of nitrogens with zero attached hydrogens (tertiary/aromatic N) is 1. The van der Waals surface area contributed by atoms with Crippen LogP contribution in [0.5, 0.6) is 0 Å². The molecule has 31 heavy (non-hydrogen) atoms. The molecule has 1 saturated heterocycles. The van der Waals surface area contributed by atoms with E-state index in [0.29, 0.717) is 30.8 Å². The summed E-state index contributed by atoms with van der Waals surface area (Å²) >= 11 is 2.23. The quantitative estimate of drug-likeness (QED) is 0.545. The lowest BCUT2D eigenvalue weighted by molar-refractivity contribution is -0.120. The number of halogens is 1. The van der Waals surface area contributed by atoms with Crippen molar-refractivity contribution in [3.8, 4) is 0 Å². The Balaban J connectivity index is 1.69. The van der Waals surface area contributed by atoms with Crippen molar-refractivity contribution in [1.82, 2.24) is 4.31 Å². The van der Waals surface area contributed by atoms with Crippen molar-refractivity contribution in [2.45, 2.75) is 24.7 Å². The Morgan fingerprint density at radius 3 is 2.42 bits per heavy atom. The van der Waals surface area contributed by atoms with Gasteiger partial charge in [-0.3, -0.25) is 10.1 Å². The summed E-state index contributed by atoms with van der Waals surface area (Å²) in [5, 5.41) is 5.39. The number of anilines is 2. The number of carbonyl (C=O) groups is 2. The fourth-order valence-electron chi connectivity index (χ4n) is 3.37. The van der Waals surface area contributed by atoms with E-state index in [-0.39, 0.29) is 17.3 Å². The minimum atomic E-state index is -3.76. The van der Waals surface area contributed by atoms with Crippen LogP contribution in [0, 0.1) is 16.4 Å². The molecule has 0 radical (unpaired) electrons. The number of rotatable bonds is 5. The van der Waals surface area contributed by atoms with E-state index in [2.05, 4.69) is 38.0 Å². The van der Waals surface area contributed by atoms with Crippen LogP contribution in [-0.4, -0.2) is 44.9 Å². The minimum absolute atomic E-state index is 0.109. The van der Waals surface area contributed by atoms with Crippen molar-refractivity contribution in [2.24, 2.45) is 5.92 Å². The van der Waals surface area contributed by atoms with Gasteiger partial charge in [0.1, 0.15) is 0 Å². The first-order valence-corrected chi connectivity index (χ1v) is 12.2. The van der Waals surface area contributed by atoms with Gasteiger partial charge in [0, 0.05) is 28.0 Å². The van der Waals surface area contributed by atoms with Gasteiger partial charge in [-0.2, -0.15) is 4.31 Å². The number of hydrogen-bond donors (Lipinski definition) is 2. The molecule has 0 aromatic heterocycles. The van der Waals surface area contributed by atoms with Crippen LogP contribution < -0.4 is 10.6 Å². The Labute approximate surface area is 195 Å². The molecule has 0 spiro atoms. The van der Waals surface area contributed by atoms with Crippen molar-refractivity contribution in [3.63, 3.8) is 0 Å². The van der Waals surface area contributed by atoms with E-state index in [1.165, 1.54) is 35.7 Å². The monoisotopic (exact) mass is 557 g/mol. The first-order valence-electron chi connectivity index (χ1n) is 9.73. The summed E-state index contributed by atoms with van der Waals surface area (Å²) in [7, 11) is -2.51. The summed E-state index contributed by atoms with van der Waals surface area (Å²) in [4.78, 5) is 24.1. The Morgan fingerprint density at radius 2 is 1.77 bits per heavy atom. The number of piperidine rings is 1. The third-order valence-corrected chi connectivity index (χ3v) is 8.19. The number of ether oxygens (including phenoxy) is 1. The number of sulfonamides is 1. The van der Waals surface area contributed by atoms with Gasteiger partial charge in [-0.15, -0.1) is 0 Å². The van der Waals surface area contributed by atoms with Crippen LogP contribution in [-0.2, 0) is 19.6 Å². The number of benzene rings is 2. The summed E-state index contributed by atoms with van der Waals surface area (Å²) in [5.41, 5.74) is 2.20. The molecule has 1 aliphatic rings. The number of carbonyl (C=O) groups excluding carboxylic acids is 2. The van der Waals surface area contributed by atoms with Crippen molar-refractivity contribution in [3.05, 3.63) is 51.6 Å². The number of amides is 2. The maximum atomic E-state index is 13.1. The van der Waals surface area contributed by atoms with Gasteiger partial charge in [0.2, 0.25) is 15.9 Å². The number of aryl methyl sites for hydroxylation is 1. The number of methoxy groups -OCH3 is 1. The van der Waals surface area contributed by atoms with Crippen LogP contribution >= 0.6 is 22.6 Å². The summed E-state index contributed by atoms with van der Waals surface area (Å²) in [6.07, 6.45) is 0.595. The van der Waals surface area contributed by atoms with E-state index < -0.39 is 22.0 Å². The molecule has 3 rings (SSSR count). The van der Waals surface area contributed by atoms with Gasteiger partial charge in [-0.1, -0.05) is 0 Å². The zero-order chi connectivity index (χ0) is 22.6. The van der Waals surface area contributed by atoms with E-state index in [0.717, 1.165) is 9.13 Å². The molecule has 10 heteroatoms. The number of nitrogens with one attached hydrogen (secondary N) is 2. The predicted octanol–water partition coefficient (Wildman–Crippen LogP) is 3.82. The standard InChI is InChI=1S/C21H24IN3O5S/c1-14-12-17(7-10-19(14)22)23-20(26)15-4-3-11-25(13-15)31(28,29)18-8-5-16(6-9-18)24-21(27)30-2/h5-10,12,15H,3-4,11,13H2,1-2H3,(H,23,26)(H,24,27)/t15-/m1/s1. The molecule has 0 bridgehead atoms. The lowest BCUT2D eigenvalue weighted by Gasteiger charge is -2.31. The maximum Gasteiger partial charge on any atom is 0.411 e. The van der Waals surface area contributed by atoms with E-state index in [4.69, 9.17) is 0 Å². The molecular formula is C21H24IN3O5S. The highest BCUT2D eigenvalue weighted by Crippen LogP contribution is 2.26. The Hall–Kier alpha value is -2.18. The van der Waals surface area contributed by atoms with Crippen molar-refractivity contribution < 1.29 is 22.7 Å². The third-order valence-electron chi connectivity index (χ3n) is 5.10. The van der Waals surface area contributed by atoms with Crippen LogP contribution in [0.2, 0.25) is 0 Å². The largest absolute Gasteiger partial charge is 0.453 e. The fourth-order valence-corrected chi connectivity index (χ4v) is 5.23. The van der Waals surface area contributed by atoms with Gasteiger partial charge in [0.05, 0.1) is 17.9 Å². The first kappa shape index (κ1) is 23.5. The van der Waals surface area contributed by atoms with Crippen LogP contribution in [0.15, 0.2) is 47.4 Å². The summed E-state index contributed by atoms with van der Waals surface area (Å²) in [6, 6.07) is 11.5. The summed E-state index contributed by atoms with van der Waals surface area (Å²) < 4.78 is 33.1. The normalized spacial score (nSPS) is 17.1. The van der Waals surface area contributed by atoms with Crippen LogP contribution in [0.25, 0.3) is 0 Å². The molecular weight excluding hydrogens is 533 g/mol. The highest BCUT2D eigenvalue weighted by atomic mass is 127. The molecule has 1 fully saturated rings. The second kappa shape index (κ2) is 9.96. The van der Waals surface area contributed by atoms with Gasteiger partial charge in [-0.05, 0) is 90.4 Å². The van der Waals surface area contributed by atoms with Gasteiger partial charge in [-0.25, -0.2) is 13.2 Å². The molecule has 166 valence electrons. The van der Waals surface area contributed by atoms with Crippen LogP contribution in [0.3, 0.4) is 0 Å². The topological polar surface area (TPSA) is 105 Å². The highest BCUT2D eigenvalue weighted by molar-refractivity contribution is 14.1. The third kappa shape index (κ3) is 5.74. The molecule has 0 unspecified atom stereocenters. The lowest BCUT2D eigenvalue weighted by Crippen LogP contribution is -2.43. The second-order valence-electron chi connectivity index (χ2n) is 7.30. The zero-order valence-corrected chi connectivity index (χ0v) is 20.2. The molecule has 1 atom stereocenters. The van der Waals surface area contributed by atoms with E-state index in [1.807, 2.05) is 25.1 Å². The minimum Gasteiger partial charge on any atom is -0.453 e. The van der Waals surface area contributed by atoms with Gasteiger partial charge >= 0.3 is 6.09 Å². The molecule has 0 saturated carbocycles. The van der Waals surface area contributed by atoms with Crippen LogP contribution in [0.4, 0.5) is 16.2 Å². The van der Waals surface area contributed by atoms with Crippen molar-refractivity contribution >= 4 is 56.0 Å². The van der Waals surface area contributed by atoms with Gasteiger partial charge in [0.25, 0.3) is 0 Å². The van der Waals surface area contributed by atoms with Gasteiger partial charge in [0.15, 0.2) is 0 Å². The van der Waals surface area contributed by atoms with E-state index in [1.54, 1.807) is 0 Å². The van der Waals surface area contributed by atoms with Crippen molar-refractivity contribution in [1.29, 1.82) is 0 Å². The smallest absolute Gasteiger partial charge is 0.411 e. The number of hydrogen-bond acceptors (Lipinski definition) is 5. The Morgan fingerprint density at radius 1 is 1.10 bits per heavy atom. The SMILES string of the molecule is COC(=O)Nc1ccc(S(=O)(=O)N2CCC[C@@H](C(=O)Nc3ccc(I)c(C)c3)C2)cc1. The Kier molecular flexibility index (Phi) is 7.55. The molecule has 8 nitrogen and oxygen atoms in total. The summed E-state index contributed by atoms with van der Waals surface area (Å²) in [6.45, 7) is 2.45. The van der Waals surface area contributed by atoms with Crippen molar-refractivity contribution in [2.75, 3.05) is 30.8 Å². The average Bonchev–Trinajstić information content (AvgIpc) is 2.76. The molecule has 2 N–H and O–H groups in total. The first-order chi connectivity index (χ1) is 14.7. The highest BCUT2D eigenvalue weighted by Gasteiger charge is 2.33. The van der Waals surface area contributed by atoms with E-state index >= 15 is 0 Å². The molecule has 2 aromatic carbocycles. The molecule has 2 aromatic rings. The fraction of sp³-hybridized carbons (Fsp3) is 0.333. The molecule has 1 heterocycles. The summed E-state index contributed by atoms with van der Waals surface area (Å²) in [5.74, 6) is -0.610. The molecule has 0 aliphatic carbocycles. The molecule has 1 aliphatic heterocycles. The molecule has 2 amide bonds. The predicted molar refractivity (Wildman–Crippen MR) is 126 cm³/mol.